The van der Waals surface area contributed by atoms with E-state index in [0.717, 1.165) is 5.69 Å². The van der Waals surface area contributed by atoms with Crippen LogP contribution in [0.2, 0.25) is 0 Å². The molecule has 0 saturated heterocycles. The molecule has 2 rings (SSSR count). The van der Waals surface area contributed by atoms with Gasteiger partial charge in [-0.25, -0.2) is 8.78 Å². The van der Waals surface area contributed by atoms with Crippen LogP contribution in [-0.2, 0) is 12.5 Å². The molecule has 0 bridgehead atoms. The van der Waals surface area contributed by atoms with Crippen LogP contribution in [0.5, 0.6) is 0 Å². The highest BCUT2D eigenvalue weighted by molar-refractivity contribution is 5.27. The Kier molecular flexibility index (Phi) is 1.68. The molecule has 0 amide bonds. The van der Waals surface area contributed by atoms with Crippen molar-refractivity contribution in [3.05, 3.63) is 17.5 Å². The van der Waals surface area contributed by atoms with Crippen molar-refractivity contribution in [2.24, 2.45) is 7.05 Å². The Hall–Kier alpha value is -0.930. The van der Waals surface area contributed by atoms with E-state index >= 15 is 0 Å². The van der Waals surface area contributed by atoms with Crippen molar-refractivity contribution >= 4 is 0 Å². The van der Waals surface area contributed by atoms with E-state index in [0.29, 0.717) is 18.5 Å². The fourth-order valence-electron chi connectivity index (χ4n) is 1.80. The van der Waals surface area contributed by atoms with Crippen molar-refractivity contribution in [2.45, 2.75) is 31.6 Å². The first-order valence-electron chi connectivity index (χ1n) is 4.35. The molecule has 72 valence electrons. The molecule has 1 aliphatic carbocycles. The number of hydrogen-bond donors (Lipinski definition) is 0. The second-order valence-electron chi connectivity index (χ2n) is 3.75. The molecule has 1 aromatic heterocycles. The maximum Gasteiger partial charge on any atom is 0.249 e. The predicted octanol–water partition coefficient (Wildman–Crippen LogP) is 2.03. The van der Waals surface area contributed by atoms with Gasteiger partial charge in [-0.1, -0.05) is 0 Å². The molecule has 13 heavy (non-hydrogen) atoms. The summed E-state index contributed by atoms with van der Waals surface area (Å²) in [5.41, 5.74) is 0.611. The lowest BCUT2D eigenvalue weighted by Gasteiger charge is -2.13. The first-order chi connectivity index (χ1) is 6.06. The Morgan fingerprint density at radius 2 is 2.15 bits per heavy atom. The Labute approximate surface area is 75.6 Å². The molecule has 1 heterocycles. The number of nitrogens with zero attached hydrogens (tertiary/aromatic N) is 2. The molecule has 0 aliphatic heterocycles. The lowest BCUT2D eigenvalue weighted by Crippen LogP contribution is -2.20. The zero-order valence-electron chi connectivity index (χ0n) is 7.72. The minimum atomic E-state index is -2.26. The highest BCUT2D eigenvalue weighted by atomic mass is 19.3. The van der Waals surface area contributed by atoms with Crippen LogP contribution in [0.25, 0.3) is 0 Å². The van der Waals surface area contributed by atoms with E-state index < -0.39 is 11.8 Å². The summed E-state index contributed by atoms with van der Waals surface area (Å²) >= 11 is 0. The van der Waals surface area contributed by atoms with Gasteiger partial charge in [0.2, 0.25) is 6.43 Å². The molecule has 2 nitrogen and oxygen atoms in total. The maximum absolute atomic E-state index is 12.7. The molecule has 1 saturated carbocycles. The van der Waals surface area contributed by atoms with Gasteiger partial charge >= 0.3 is 0 Å². The van der Waals surface area contributed by atoms with Crippen LogP contribution in [0.15, 0.2) is 6.07 Å². The topological polar surface area (TPSA) is 17.8 Å². The zero-order chi connectivity index (χ0) is 9.64. The lowest BCUT2D eigenvalue weighted by molar-refractivity contribution is 0.0979. The SMILES string of the molecule is Cc1cc(C2(C(F)F)CC2)n(C)n1. The molecule has 0 N–H and O–H groups in total. The van der Waals surface area contributed by atoms with Gasteiger partial charge in [0.1, 0.15) is 0 Å². The quantitative estimate of drug-likeness (QED) is 0.691. The van der Waals surface area contributed by atoms with Gasteiger partial charge in [-0.15, -0.1) is 0 Å². The van der Waals surface area contributed by atoms with Crippen LogP contribution in [0, 0.1) is 6.92 Å². The monoisotopic (exact) mass is 186 g/mol. The predicted molar refractivity (Wildman–Crippen MR) is 44.9 cm³/mol. The van der Waals surface area contributed by atoms with E-state index in [1.165, 1.54) is 0 Å². The van der Waals surface area contributed by atoms with Crippen LogP contribution < -0.4 is 0 Å². The Bertz CT molecular complexity index is 326. The van der Waals surface area contributed by atoms with E-state index in [1.807, 2.05) is 6.92 Å². The van der Waals surface area contributed by atoms with E-state index in [4.69, 9.17) is 0 Å². The average Bonchev–Trinajstić information content (AvgIpc) is 2.75. The molecule has 4 heteroatoms. The second kappa shape index (κ2) is 2.53. The summed E-state index contributed by atoms with van der Waals surface area (Å²) in [5.74, 6) is 0. The number of aromatic nitrogens is 2. The molecule has 1 aromatic rings. The van der Waals surface area contributed by atoms with Crippen molar-refractivity contribution < 1.29 is 8.78 Å². The Morgan fingerprint density at radius 3 is 2.46 bits per heavy atom. The molecule has 0 radical (unpaired) electrons. The number of halogens is 2. The van der Waals surface area contributed by atoms with Crippen LogP contribution in [-0.4, -0.2) is 16.2 Å². The highest BCUT2D eigenvalue weighted by Gasteiger charge is 2.54. The smallest absolute Gasteiger partial charge is 0.249 e. The average molecular weight is 186 g/mol. The molecule has 0 aromatic carbocycles. The summed E-state index contributed by atoms with van der Waals surface area (Å²) in [4.78, 5) is 0. The normalized spacial score (nSPS) is 19.5. The van der Waals surface area contributed by atoms with Crippen molar-refractivity contribution in [1.82, 2.24) is 9.78 Å². The highest BCUT2D eigenvalue weighted by Crippen LogP contribution is 2.52. The number of hydrogen-bond acceptors (Lipinski definition) is 1. The fraction of sp³-hybridized carbons (Fsp3) is 0.667. The van der Waals surface area contributed by atoms with Crippen LogP contribution in [0.1, 0.15) is 24.2 Å². The standard InChI is InChI=1S/C9H12F2N2/c1-6-5-7(13(2)12-6)9(3-4-9)8(10)11/h5,8H,3-4H2,1-2H3. The van der Waals surface area contributed by atoms with Crippen molar-refractivity contribution in [1.29, 1.82) is 0 Å². The van der Waals surface area contributed by atoms with Crippen molar-refractivity contribution in [2.75, 3.05) is 0 Å². The summed E-state index contributed by atoms with van der Waals surface area (Å²) in [5, 5.41) is 4.08. The molecule has 0 atom stereocenters. The van der Waals surface area contributed by atoms with Crippen LogP contribution in [0.4, 0.5) is 8.78 Å². The van der Waals surface area contributed by atoms with Crippen molar-refractivity contribution in [3.63, 3.8) is 0 Å². The van der Waals surface area contributed by atoms with E-state index in [1.54, 1.807) is 17.8 Å². The van der Waals surface area contributed by atoms with Gasteiger partial charge in [0.05, 0.1) is 16.8 Å². The van der Waals surface area contributed by atoms with Crippen LogP contribution in [0.3, 0.4) is 0 Å². The summed E-state index contributed by atoms with van der Waals surface area (Å²) in [6.45, 7) is 1.82. The van der Waals surface area contributed by atoms with Crippen molar-refractivity contribution in [3.8, 4) is 0 Å². The maximum atomic E-state index is 12.7. The summed E-state index contributed by atoms with van der Waals surface area (Å²) in [6, 6.07) is 1.76. The van der Waals surface area contributed by atoms with E-state index in [2.05, 4.69) is 5.10 Å². The number of aryl methyl sites for hydroxylation is 2. The van der Waals surface area contributed by atoms with Gasteiger partial charge < -0.3 is 0 Å². The lowest BCUT2D eigenvalue weighted by atomic mass is 10.0. The Morgan fingerprint density at radius 1 is 1.54 bits per heavy atom. The van der Waals surface area contributed by atoms with Crippen LogP contribution >= 0.6 is 0 Å². The second-order valence-corrected chi connectivity index (χ2v) is 3.75. The molecule has 0 spiro atoms. The third-order valence-electron chi connectivity index (χ3n) is 2.72. The molecule has 1 fully saturated rings. The van der Waals surface area contributed by atoms with Gasteiger partial charge in [-0.05, 0) is 25.8 Å². The van der Waals surface area contributed by atoms with Gasteiger partial charge in [0, 0.05) is 7.05 Å². The summed E-state index contributed by atoms with van der Waals surface area (Å²) in [7, 11) is 1.73. The van der Waals surface area contributed by atoms with E-state index in [9.17, 15) is 8.78 Å². The third-order valence-corrected chi connectivity index (χ3v) is 2.72. The fourth-order valence-corrected chi connectivity index (χ4v) is 1.80. The summed E-state index contributed by atoms with van der Waals surface area (Å²) < 4.78 is 27.0. The zero-order valence-corrected chi connectivity index (χ0v) is 7.72. The Balaban J connectivity index is 2.40. The van der Waals surface area contributed by atoms with E-state index in [-0.39, 0.29) is 0 Å². The molecule has 1 aliphatic rings. The molecule has 0 unspecified atom stereocenters. The summed E-state index contributed by atoms with van der Waals surface area (Å²) in [6.07, 6.45) is -1.09. The van der Waals surface area contributed by atoms with Gasteiger partial charge in [-0.2, -0.15) is 5.10 Å². The number of rotatable bonds is 2. The largest absolute Gasteiger partial charge is 0.272 e. The van der Waals surface area contributed by atoms with Gasteiger partial charge in [-0.3, -0.25) is 4.68 Å². The third kappa shape index (κ3) is 1.16. The first-order valence-corrected chi connectivity index (χ1v) is 4.35. The first kappa shape index (κ1) is 8.66. The molecular weight excluding hydrogens is 174 g/mol. The van der Waals surface area contributed by atoms with Gasteiger partial charge in [0.15, 0.2) is 0 Å². The number of alkyl halides is 2. The minimum Gasteiger partial charge on any atom is -0.272 e. The molecular formula is C9H12F2N2. The minimum absolute atomic E-state index is 0.587. The van der Waals surface area contributed by atoms with Gasteiger partial charge in [0.25, 0.3) is 0 Å².